The first-order chi connectivity index (χ1) is 6.70. The SMILES string of the molecule is CN1C(=O)c2ccccc2OCC1O. The molecule has 0 saturated heterocycles. The van der Waals surface area contributed by atoms with E-state index >= 15 is 0 Å². The van der Waals surface area contributed by atoms with Gasteiger partial charge < -0.3 is 14.7 Å². The largest absolute Gasteiger partial charge is 0.488 e. The van der Waals surface area contributed by atoms with Crippen molar-refractivity contribution in [1.82, 2.24) is 4.90 Å². The fraction of sp³-hybridized carbons (Fsp3) is 0.300. The van der Waals surface area contributed by atoms with Gasteiger partial charge in [0.05, 0.1) is 5.56 Å². The van der Waals surface area contributed by atoms with Crippen LogP contribution in [0.25, 0.3) is 0 Å². The number of hydrogen-bond donors (Lipinski definition) is 1. The number of rotatable bonds is 0. The Morgan fingerprint density at radius 3 is 3.00 bits per heavy atom. The average molecular weight is 193 g/mol. The highest BCUT2D eigenvalue weighted by atomic mass is 16.5. The van der Waals surface area contributed by atoms with Crippen molar-refractivity contribution < 1.29 is 14.6 Å². The van der Waals surface area contributed by atoms with E-state index in [9.17, 15) is 9.90 Å². The number of carbonyl (C=O) groups is 1. The number of fused-ring (bicyclic) bond motifs is 1. The van der Waals surface area contributed by atoms with Gasteiger partial charge in [-0.05, 0) is 12.1 Å². The Kier molecular flexibility index (Phi) is 2.13. The molecule has 1 unspecified atom stereocenters. The molecule has 0 bridgehead atoms. The molecule has 0 spiro atoms. The second kappa shape index (κ2) is 3.31. The molecular formula is C10H11NO3. The summed E-state index contributed by atoms with van der Waals surface area (Å²) in [5, 5.41) is 9.48. The number of benzene rings is 1. The monoisotopic (exact) mass is 193 g/mol. The second-order valence-electron chi connectivity index (χ2n) is 3.20. The summed E-state index contributed by atoms with van der Waals surface area (Å²) in [4.78, 5) is 13.0. The minimum atomic E-state index is -0.880. The van der Waals surface area contributed by atoms with Gasteiger partial charge in [0.25, 0.3) is 5.91 Å². The topological polar surface area (TPSA) is 49.8 Å². The summed E-state index contributed by atoms with van der Waals surface area (Å²) in [6, 6.07) is 6.97. The summed E-state index contributed by atoms with van der Waals surface area (Å²) in [6.07, 6.45) is -0.880. The highest BCUT2D eigenvalue weighted by molar-refractivity contribution is 5.97. The number of likely N-dealkylation sites (N-methyl/N-ethyl adjacent to an activating group) is 1. The van der Waals surface area contributed by atoms with Crippen LogP contribution in [0.4, 0.5) is 0 Å². The molecule has 1 aliphatic heterocycles. The van der Waals surface area contributed by atoms with Gasteiger partial charge in [-0.25, -0.2) is 0 Å². The first-order valence-electron chi connectivity index (χ1n) is 4.37. The van der Waals surface area contributed by atoms with Crippen molar-refractivity contribution in [1.29, 1.82) is 0 Å². The lowest BCUT2D eigenvalue weighted by Gasteiger charge is -2.19. The van der Waals surface area contributed by atoms with Gasteiger partial charge in [-0.2, -0.15) is 0 Å². The quantitative estimate of drug-likeness (QED) is 0.651. The zero-order valence-electron chi connectivity index (χ0n) is 7.80. The number of carbonyl (C=O) groups excluding carboxylic acids is 1. The number of aliphatic hydroxyl groups excluding tert-OH is 1. The standard InChI is InChI=1S/C10H11NO3/c1-11-9(12)6-14-8-5-3-2-4-7(8)10(11)13/h2-5,9,12H,6H2,1H3. The molecule has 0 aliphatic carbocycles. The molecular weight excluding hydrogens is 182 g/mol. The molecule has 4 heteroatoms. The Hall–Kier alpha value is -1.55. The molecule has 14 heavy (non-hydrogen) atoms. The normalized spacial score (nSPS) is 21.1. The third-order valence-electron chi connectivity index (χ3n) is 2.27. The van der Waals surface area contributed by atoms with Crippen LogP contribution in [0.3, 0.4) is 0 Å². The zero-order valence-corrected chi connectivity index (χ0v) is 7.80. The number of ether oxygens (including phenoxy) is 1. The van der Waals surface area contributed by atoms with E-state index < -0.39 is 6.23 Å². The van der Waals surface area contributed by atoms with Crippen LogP contribution in [-0.2, 0) is 0 Å². The predicted molar refractivity (Wildman–Crippen MR) is 50.0 cm³/mol. The van der Waals surface area contributed by atoms with Gasteiger partial charge in [-0.1, -0.05) is 12.1 Å². The van der Waals surface area contributed by atoms with Gasteiger partial charge in [0.15, 0.2) is 6.23 Å². The van der Waals surface area contributed by atoms with Crippen LogP contribution < -0.4 is 4.74 Å². The van der Waals surface area contributed by atoms with Gasteiger partial charge in [0, 0.05) is 7.05 Å². The van der Waals surface area contributed by atoms with Crippen molar-refractivity contribution in [3.05, 3.63) is 29.8 Å². The van der Waals surface area contributed by atoms with E-state index in [-0.39, 0.29) is 12.5 Å². The second-order valence-corrected chi connectivity index (χ2v) is 3.20. The molecule has 1 aliphatic rings. The fourth-order valence-electron chi connectivity index (χ4n) is 1.37. The van der Waals surface area contributed by atoms with Crippen molar-refractivity contribution in [3.8, 4) is 5.75 Å². The molecule has 2 rings (SSSR count). The summed E-state index contributed by atoms with van der Waals surface area (Å²) < 4.78 is 5.29. The van der Waals surface area contributed by atoms with E-state index in [4.69, 9.17) is 4.74 Å². The molecule has 1 aromatic carbocycles. The third-order valence-corrected chi connectivity index (χ3v) is 2.27. The Bertz CT molecular complexity index is 364. The molecule has 74 valence electrons. The van der Waals surface area contributed by atoms with Gasteiger partial charge in [0.2, 0.25) is 0 Å². The van der Waals surface area contributed by atoms with Crippen LogP contribution in [0, 0.1) is 0 Å². The summed E-state index contributed by atoms with van der Waals surface area (Å²) in [6.45, 7) is 0.110. The lowest BCUT2D eigenvalue weighted by molar-refractivity contribution is 0.00101. The lowest BCUT2D eigenvalue weighted by atomic mass is 10.2. The van der Waals surface area contributed by atoms with Crippen molar-refractivity contribution >= 4 is 5.91 Å². The van der Waals surface area contributed by atoms with Crippen LogP contribution in [0.15, 0.2) is 24.3 Å². The molecule has 0 radical (unpaired) electrons. The Labute approximate surface area is 81.7 Å². The van der Waals surface area contributed by atoms with Gasteiger partial charge in [0.1, 0.15) is 12.4 Å². The molecule has 4 nitrogen and oxygen atoms in total. The first kappa shape index (κ1) is 9.02. The first-order valence-corrected chi connectivity index (χ1v) is 4.37. The maximum atomic E-state index is 11.7. The molecule has 1 amide bonds. The third kappa shape index (κ3) is 1.33. The van der Waals surface area contributed by atoms with Crippen LogP contribution >= 0.6 is 0 Å². The van der Waals surface area contributed by atoms with Crippen molar-refractivity contribution in [3.63, 3.8) is 0 Å². The molecule has 1 atom stereocenters. The van der Waals surface area contributed by atoms with E-state index in [1.165, 1.54) is 4.90 Å². The van der Waals surface area contributed by atoms with Crippen molar-refractivity contribution in [2.75, 3.05) is 13.7 Å². The highest BCUT2D eigenvalue weighted by Crippen LogP contribution is 2.22. The minimum Gasteiger partial charge on any atom is -0.488 e. The minimum absolute atomic E-state index is 0.110. The summed E-state index contributed by atoms with van der Waals surface area (Å²) in [7, 11) is 1.55. The zero-order chi connectivity index (χ0) is 10.1. The van der Waals surface area contributed by atoms with E-state index in [1.807, 2.05) is 0 Å². The van der Waals surface area contributed by atoms with Crippen molar-refractivity contribution in [2.45, 2.75) is 6.23 Å². The average Bonchev–Trinajstić information content (AvgIpc) is 2.32. The lowest BCUT2D eigenvalue weighted by Crippen LogP contribution is -2.38. The highest BCUT2D eigenvalue weighted by Gasteiger charge is 2.25. The van der Waals surface area contributed by atoms with Crippen LogP contribution in [-0.4, -0.2) is 35.8 Å². The van der Waals surface area contributed by atoms with Gasteiger partial charge >= 0.3 is 0 Å². The maximum Gasteiger partial charge on any atom is 0.259 e. The van der Waals surface area contributed by atoms with E-state index in [0.717, 1.165) is 0 Å². The number of nitrogens with zero attached hydrogens (tertiary/aromatic N) is 1. The van der Waals surface area contributed by atoms with Crippen molar-refractivity contribution in [2.24, 2.45) is 0 Å². The summed E-state index contributed by atoms with van der Waals surface area (Å²) in [5.41, 5.74) is 0.492. The van der Waals surface area contributed by atoms with E-state index in [2.05, 4.69) is 0 Å². The molecule has 0 fully saturated rings. The number of hydrogen-bond acceptors (Lipinski definition) is 3. The van der Waals surface area contributed by atoms with E-state index in [1.54, 1.807) is 31.3 Å². The number of amides is 1. The van der Waals surface area contributed by atoms with Gasteiger partial charge in [-0.15, -0.1) is 0 Å². The number of para-hydroxylation sites is 1. The fourth-order valence-corrected chi connectivity index (χ4v) is 1.37. The van der Waals surface area contributed by atoms with Crippen LogP contribution in [0.2, 0.25) is 0 Å². The number of aliphatic hydroxyl groups is 1. The van der Waals surface area contributed by atoms with Crippen LogP contribution in [0.5, 0.6) is 5.75 Å². The Balaban J connectivity index is 2.45. The van der Waals surface area contributed by atoms with E-state index in [0.29, 0.717) is 11.3 Å². The smallest absolute Gasteiger partial charge is 0.259 e. The molecule has 1 aromatic rings. The van der Waals surface area contributed by atoms with Gasteiger partial charge in [-0.3, -0.25) is 4.79 Å². The molecule has 0 saturated carbocycles. The molecule has 1 heterocycles. The Morgan fingerprint density at radius 1 is 1.50 bits per heavy atom. The summed E-state index contributed by atoms with van der Waals surface area (Å²) in [5.74, 6) is 0.312. The predicted octanol–water partition coefficient (Wildman–Crippen LogP) is 0.469. The summed E-state index contributed by atoms with van der Waals surface area (Å²) >= 11 is 0. The molecule has 1 N–H and O–H groups in total. The maximum absolute atomic E-state index is 11.7. The van der Waals surface area contributed by atoms with Crippen LogP contribution in [0.1, 0.15) is 10.4 Å². The Morgan fingerprint density at radius 2 is 2.21 bits per heavy atom. The molecule has 0 aromatic heterocycles.